The van der Waals surface area contributed by atoms with Crippen molar-refractivity contribution in [3.63, 3.8) is 0 Å². The van der Waals surface area contributed by atoms with Gasteiger partial charge in [-0.25, -0.2) is 17.6 Å². The molecule has 0 saturated heterocycles. The van der Waals surface area contributed by atoms with Crippen LogP contribution in [0.2, 0.25) is 0 Å². The number of alkyl halides is 3. The van der Waals surface area contributed by atoms with Gasteiger partial charge in [0.05, 0.1) is 4.90 Å². The van der Waals surface area contributed by atoms with Gasteiger partial charge in [0.25, 0.3) is 5.91 Å². The second-order valence-electron chi connectivity index (χ2n) is 3.85. The number of amides is 1. The van der Waals surface area contributed by atoms with E-state index in [1.807, 2.05) is 5.32 Å². The Morgan fingerprint density at radius 1 is 1.19 bits per heavy atom. The quantitative estimate of drug-likeness (QED) is 0.807. The molecule has 0 fully saturated rings. The van der Waals surface area contributed by atoms with Crippen LogP contribution in [0.15, 0.2) is 29.2 Å². The van der Waals surface area contributed by atoms with Gasteiger partial charge in [-0.3, -0.25) is 4.79 Å². The number of hydrogen-bond acceptors (Lipinski definition) is 4. The third-order valence-electron chi connectivity index (χ3n) is 2.44. The standard InChI is InChI=1S/C11H10F3NO5S/c12-5-8(10(17)18)15-9(16)6-1-3-7(4-2-6)21(19,20)11(13)14/h1-4,8,11H,5H2,(H,15,16)(H,17,18). The van der Waals surface area contributed by atoms with E-state index in [-0.39, 0.29) is 5.56 Å². The van der Waals surface area contributed by atoms with E-state index >= 15 is 0 Å². The van der Waals surface area contributed by atoms with Crippen LogP contribution in [-0.4, -0.2) is 43.9 Å². The number of nitrogens with one attached hydrogen (secondary N) is 1. The molecule has 1 unspecified atom stereocenters. The first-order valence-electron chi connectivity index (χ1n) is 5.42. The summed E-state index contributed by atoms with van der Waals surface area (Å²) in [6.45, 7) is -1.33. The van der Waals surface area contributed by atoms with E-state index < -0.39 is 45.1 Å². The minimum Gasteiger partial charge on any atom is -0.480 e. The minimum atomic E-state index is -4.78. The molecule has 0 aliphatic heterocycles. The molecule has 2 N–H and O–H groups in total. The summed E-state index contributed by atoms with van der Waals surface area (Å²) in [5, 5.41) is 10.4. The van der Waals surface area contributed by atoms with Crippen molar-refractivity contribution in [1.29, 1.82) is 0 Å². The monoisotopic (exact) mass is 325 g/mol. The number of carboxylic acids is 1. The highest BCUT2D eigenvalue weighted by atomic mass is 32.2. The van der Waals surface area contributed by atoms with Crippen molar-refractivity contribution < 1.29 is 36.3 Å². The summed E-state index contributed by atoms with van der Waals surface area (Å²) in [5.41, 5.74) is -0.192. The lowest BCUT2D eigenvalue weighted by atomic mass is 10.2. The molecule has 10 heteroatoms. The van der Waals surface area contributed by atoms with Crippen molar-refractivity contribution in [3.8, 4) is 0 Å². The summed E-state index contributed by atoms with van der Waals surface area (Å²) in [7, 11) is -4.78. The van der Waals surface area contributed by atoms with Gasteiger partial charge >= 0.3 is 11.7 Å². The third-order valence-corrected chi connectivity index (χ3v) is 3.84. The lowest BCUT2D eigenvalue weighted by Crippen LogP contribution is -2.42. The van der Waals surface area contributed by atoms with E-state index in [0.717, 1.165) is 24.3 Å². The van der Waals surface area contributed by atoms with Crippen LogP contribution in [0.4, 0.5) is 13.2 Å². The number of aliphatic carboxylic acids is 1. The predicted octanol–water partition coefficient (Wildman–Crippen LogP) is 0.835. The number of hydrogen-bond donors (Lipinski definition) is 2. The number of benzene rings is 1. The maximum Gasteiger partial charge on any atom is 0.341 e. The van der Waals surface area contributed by atoms with Gasteiger partial charge in [0.2, 0.25) is 9.84 Å². The lowest BCUT2D eigenvalue weighted by molar-refractivity contribution is -0.139. The molecule has 0 aromatic heterocycles. The average Bonchev–Trinajstić information content (AvgIpc) is 2.44. The Morgan fingerprint density at radius 3 is 2.10 bits per heavy atom. The molecule has 0 bridgehead atoms. The summed E-state index contributed by atoms with van der Waals surface area (Å²) >= 11 is 0. The number of carbonyl (C=O) groups excluding carboxylic acids is 1. The van der Waals surface area contributed by atoms with Gasteiger partial charge in [-0.2, -0.15) is 8.78 Å². The lowest BCUT2D eigenvalue weighted by Gasteiger charge is -2.11. The SMILES string of the molecule is O=C(NC(CF)C(=O)O)c1ccc(S(=O)(=O)C(F)F)cc1. The van der Waals surface area contributed by atoms with Gasteiger partial charge < -0.3 is 10.4 Å². The Balaban J connectivity index is 2.93. The van der Waals surface area contributed by atoms with Gasteiger partial charge in [0.15, 0.2) is 6.04 Å². The van der Waals surface area contributed by atoms with Gasteiger partial charge in [0.1, 0.15) is 6.67 Å². The summed E-state index contributed by atoms with van der Waals surface area (Å²) in [6.07, 6.45) is 0. The molecule has 1 aromatic rings. The van der Waals surface area contributed by atoms with Crippen LogP contribution in [0.5, 0.6) is 0 Å². The maximum absolute atomic E-state index is 12.3. The molecule has 1 atom stereocenters. The second kappa shape index (κ2) is 6.57. The van der Waals surface area contributed by atoms with E-state index in [2.05, 4.69) is 0 Å². The van der Waals surface area contributed by atoms with E-state index in [1.54, 1.807) is 0 Å². The van der Waals surface area contributed by atoms with Gasteiger partial charge in [0, 0.05) is 5.56 Å². The molecule has 116 valence electrons. The van der Waals surface area contributed by atoms with E-state index in [1.165, 1.54) is 0 Å². The summed E-state index contributed by atoms with van der Waals surface area (Å²) in [6, 6.07) is 1.65. The fourth-order valence-corrected chi connectivity index (χ4v) is 2.03. The molecule has 0 radical (unpaired) electrons. The number of halogens is 3. The molecule has 0 spiro atoms. The van der Waals surface area contributed by atoms with Gasteiger partial charge in [-0.1, -0.05) is 0 Å². The maximum atomic E-state index is 12.3. The van der Waals surface area contributed by atoms with Crippen LogP contribution in [0.3, 0.4) is 0 Å². The van der Waals surface area contributed by atoms with Crippen molar-refractivity contribution in [2.24, 2.45) is 0 Å². The number of carbonyl (C=O) groups is 2. The largest absolute Gasteiger partial charge is 0.480 e. The molecule has 1 aromatic carbocycles. The highest BCUT2D eigenvalue weighted by molar-refractivity contribution is 7.91. The highest BCUT2D eigenvalue weighted by Crippen LogP contribution is 2.18. The van der Waals surface area contributed by atoms with Crippen LogP contribution < -0.4 is 5.32 Å². The molecule has 0 aliphatic carbocycles. The topological polar surface area (TPSA) is 101 Å². The normalized spacial score (nSPS) is 13.0. The zero-order valence-electron chi connectivity index (χ0n) is 10.3. The van der Waals surface area contributed by atoms with Crippen molar-refractivity contribution in [1.82, 2.24) is 5.32 Å². The van der Waals surface area contributed by atoms with Crippen LogP contribution in [0.25, 0.3) is 0 Å². The first-order chi connectivity index (χ1) is 9.70. The molecule has 6 nitrogen and oxygen atoms in total. The summed E-state index contributed by atoms with van der Waals surface area (Å²) < 4.78 is 59.2. The Bertz CT molecular complexity index is 630. The summed E-state index contributed by atoms with van der Waals surface area (Å²) in [5.74, 6) is -6.15. The van der Waals surface area contributed by atoms with E-state index in [4.69, 9.17) is 5.11 Å². The fourth-order valence-electron chi connectivity index (χ4n) is 1.31. The Hall–Kier alpha value is -2.10. The Kier molecular flexibility index (Phi) is 5.30. The van der Waals surface area contributed by atoms with E-state index in [0.29, 0.717) is 0 Å². The first-order valence-corrected chi connectivity index (χ1v) is 6.96. The Morgan fingerprint density at radius 2 is 1.71 bits per heavy atom. The van der Waals surface area contributed by atoms with Crippen molar-refractivity contribution >= 4 is 21.7 Å². The molecule has 0 heterocycles. The fraction of sp³-hybridized carbons (Fsp3) is 0.273. The molecule has 0 aliphatic rings. The molecular weight excluding hydrogens is 315 g/mol. The van der Waals surface area contributed by atoms with Crippen molar-refractivity contribution in [2.75, 3.05) is 6.67 Å². The minimum absolute atomic E-state index is 0.192. The van der Waals surface area contributed by atoms with E-state index in [9.17, 15) is 31.2 Å². The Labute approximate surface area is 117 Å². The van der Waals surface area contributed by atoms with Crippen LogP contribution in [0, 0.1) is 0 Å². The average molecular weight is 325 g/mol. The molecule has 21 heavy (non-hydrogen) atoms. The number of rotatable bonds is 6. The smallest absolute Gasteiger partial charge is 0.341 e. The summed E-state index contributed by atoms with van der Waals surface area (Å²) in [4.78, 5) is 21.4. The predicted molar refractivity (Wildman–Crippen MR) is 64.5 cm³/mol. The van der Waals surface area contributed by atoms with Gasteiger partial charge in [-0.15, -0.1) is 0 Å². The number of sulfone groups is 1. The molecule has 1 amide bonds. The van der Waals surface area contributed by atoms with Crippen molar-refractivity contribution in [2.45, 2.75) is 16.7 Å². The van der Waals surface area contributed by atoms with Gasteiger partial charge in [-0.05, 0) is 24.3 Å². The van der Waals surface area contributed by atoms with Crippen LogP contribution in [-0.2, 0) is 14.6 Å². The highest BCUT2D eigenvalue weighted by Gasteiger charge is 2.27. The molecule has 1 rings (SSSR count). The molecular formula is C11H10F3NO5S. The third kappa shape index (κ3) is 3.94. The van der Waals surface area contributed by atoms with Crippen LogP contribution in [0.1, 0.15) is 10.4 Å². The first kappa shape index (κ1) is 17.0. The number of carboxylic acid groups (broad SMARTS) is 1. The zero-order valence-corrected chi connectivity index (χ0v) is 11.1. The van der Waals surface area contributed by atoms with Crippen molar-refractivity contribution in [3.05, 3.63) is 29.8 Å². The second-order valence-corrected chi connectivity index (χ2v) is 5.77. The zero-order chi connectivity index (χ0) is 16.2. The molecule has 0 saturated carbocycles. The van der Waals surface area contributed by atoms with Crippen LogP contribution >= 0.6 is 0 Å².